The highest BCUT2D eigenvalue weighted by molar-refractivity contribution is 5.67. The van der Waals surface area contributed by atoms with Crippen LogP contribution >= 0.6 is 0 Å². The first kappa shape index (κ1) is 16.5. The van der Waals surface area contributed by atoms with Crippen LogP contribution in [0.25, 0.3) is 0 Å². The van der Waals surface area contributed by atoms with Gasteiger partial charge in [-0.25, -0.2) is 9.97 Å². The van der Waals surface area contributed by atoms with Crippen LogP contribution in [0.15, 0.2) is 0 Å². The van der Waals surface area contributed by atoms with E-state index in [2.05, 4.69) is 9.97 Å². The Kier molecular flexibility index (Phi) is 7.11. The zero-order valence-corrected chi connectivity index (χ0v) is 12.3. The largest absolute Gasteiger partial charge is 0.481 e. The van der Waals surface area contributed by atoms with Crippen molar-refractivity contribution in [1.82, 2.24) is 9.97 Å². The van der Waals surface area contributed by atoms with Gasteiger partial charge in [-0.1, -0.05) is 0 Å². The summed E-state index contributed by atoms with van der Waals surface area (Å²) in [5.41, 5.74) is 2.63. The van der Waals surface area contributed by atoms with Crippen LogP contribution in [0.4, 0.5) is 0 Å². The molecule has 1 rings (SSSR count). The average molecular weight is 282 g/mol. The van der Waals surface area contributed by atoms with Crippen LogP contribution in [0, 0.1) is 13.8 Å². The first-order valence-electron chi connectivity index (χ1n) is 6.66. The summed E-state index contributed by atoms with van der Waals surface area (Å²) in [6, 6.07) is 0. The molecular weight excluding hydrogens is 260 g/mol. The number of carbonyl (C=O) groups is 1. The quantitative estimate of drug-likeness (QED) is 0.688. The maximum absolute atomic E-state index is 10.6. The van der Waals surface area contributed by atoms with Gasteiger partial charge in [-0.15, -0.1) is 0 Å². The monoisotopic (exact) mass is 282 g/mol. The van der Waals surface area contributed by atoms with Crippen molar-refractivity contribution in [2.45, 2.75) is 33.1 Å². The van der Waals surface area contributed by atoms with Crippen LogP contribution in [0.1, 0.15) is 29.2 Å². The molecule has 0 unspecified atom stereocenters. The van der Waals surface area contributed by atoms with Gasteiger partial charge in [0.15, 0.2) is 0 Å². The molecular formula is C14H22N2O4. The third-order valence-electron chi connectivity index (χ3n) is 2.96. The number of methoxy groups -OCH3 is 1. The molecule has 6 heteroatoms. The van der Waals surface area contributed by atoms with Crippen LogP contribution in [-0.2, 0) is 27.1 Å². The molecule has 0 aliphatic rings. The average Bonchev–Trinajstić information content (AvgIpc) is 2.37. The van der Waals surface area contributed by atoms with Crippen molar-refractivity contribution in [2.75, 3.05) is 26.9 Å². The van der Waals surface area contributed by atoms with Crippen LogP contribution < -0.4 is 0 Å². The highest BCUT2D eigenvalue weighted by Gasteiger charge is 2.10. The summed E-state index contributed by atoms with van der Waals surface area (Å²) in [6.07, 6.45) is 1.22. The van der Waals surface area contributed by atoms with Crippen LogP contribution in [0.2, 0.25) is 0 Å². The van der Waals surface area contributed by atoms with E-state index in [1.165, 1.54) is 0 Å². The Balaban J connectivity index is 2.56. The second-order valence-electron chi connectivity index (χ2n) is 4.54. The molecule has 20 heavy (non-hydrogen) atoms. The molecule has 0 fully saturated rings. The van der Waals surface area contributed by atoms with Gasteiger partial charge in [0.25, 0.3) is 0 Å². The van der Waals surface area contributed by atoms with Crippen molar-refractivity contribution < 1.29 is 19.4 Å². The van der Waals surface area contributed by atoms with Crippen molar-refractivity contribution in [3.8, 4) is 0 Å². The Bertz CT molecular complexity index is 426. The number of aromatic nitrogens is 2. The minimum Gasteiger partial charge on any atom is -0.481 e. The van der Waals surface area contributed by atoms with E-state index in [4.69, 9.17) is 14.6 Å². The summed E-state index contributed by atoms with van der Waals surface area (Å²) in [7, 11) is 1.63. The summed E-state index contributed by atoms with van der Waals surface area (Å²) >= 11 is 0. The Morgan fingerprint density at radius 2 is 1.75 bits per heavy atom. The van der Waals surface area contributed by atoms with Crippen molar-refractivity contribution in [3.05, 3.63) is 22.8 Å². The molecule has 0 saturated heterocycles. The van der Waals surface area contributed by atoms with Gasteiger partial charge in [0, 0.05) is 31.3 Å². The van der Waals surface area contributed by atoms with E-state index >= 15 is 0 Å². The van der Waals surface area contributed by atoms with Gasteiger partial charge in [0.05, 0.1) is 19.8 Å². The smallest absolute Gasteiger partial charge is 0.303 e. The summed E-state index contributed by atoms with van der Waals surface area (Å²) in [4.78, 5) is 19.5. The fourth-order valence-electron chi connectivity index (χ4n) is 1.92. The Labute approximate surface area is 119 Å². The van der Waals surface area contributed by atoms with Gasteiger partial charge >= 0.3 is 5.97 Å². The van der Waals surface area contributed by atoms with E-state index in [1.807, 2.05) is 13.8 Å². The summed E-state index contributed by atoms with van der Waals surface area (Å²) in [5.74, 6) is -0.0732. The van der Waals surface area contributed by atoms with E-state index in [0.717, 1.165) is 22.8 Å². The maximum atomic E-state index is 10.6. The third kappa shape index (κ3) is 5.63. The van der Waals surface area contributed by atoms with Crippen LogP contribution in [-0.4, -0.2) is 48.0 Å². The van der Waals surface area contributed by atoms with Crippen molar-refractivity contribution in [3.63, 3.8) is 0 Å². The normalized spacial score (nSPS) is 10.8. The third-order valence-corrected chi connectivity index (χ3v) is 2.96. The molecule has 0 spiro atoms. The number of hydrogen-bond acceptors (Lipinski definition) is 5. The first-order chi connectivity index (χ1) is 9.54. The Morgan fingerprint density at radius 3 is 2.30 bits per heavy atom. The maximum Gasteiger partial charge on any atom is 0.303 e. The molecule has 1 N–H and O–H groups in total. The van der Waals surface area contributed by atoms with E-state index in [-0.39, 0.29) is 6.42 Å². The number of aryl methyl sites for hydroxylation is 2. The minimum atomic E-state index is -0.806. The lowest BCUT2D eigenvalue weighted by atomic mass is 10.1. The molecule has 0 bridgehead atoms. The minimum absolute atomic E-state index is 0.102. The molecule has 1 heterocycles. The van der Waals surface area contributed by atoms with Gasteiger partial charge in [-0.2, -0.15) is 0 Å². The highest BCUT2D eigenvalue weighted by Crippen LogP contribution is 2.13. The topological polar surface area (TPSA) is 81.5 Å². The van der Waals surface area contributed by atoms with Crippen molar-refractivity contribution >= 4 is 5.97 Å². The number of aliphatic carboxylic acids is 1. The molecule has 0 aliphatic carbocycles. The Hall–Kier alpha value is -1.53. The lowest BCUT2D eigenvalue weighted by Gasteiger charge is -2.10. The van der Waals surface area contributed by atoms with Gasteiger partial charge in [-0.05, 0) is 25.8 Å². The number of rotatable bonds is 9. The van der Waals surface area contributed by atoms with E-state index in [0.29, 0.717) is 32.7 Å². The number of ether oxygens (including phenoxy) is 2. The molecule has 1 aromatic rings. The van der Waals surface area contributed by atoms with Crippen LogP contribution in [0.5, 0.6) is 0 Å². The SMILES string of the molecule is COCCOCCc1nc(C)c(CCC(=O)O)c(C)n1. The van der Waals surface area contributed by atoms with Crippen molar-refractivity contribution in [1.29, 1.82) is 0 Å². The molecule has 112 valence electrons. The summed E-state index contributed by atoms with van der Waals surface area (Å²) in [5, 5.41) is 8.73. The molecule has 0 amide bonds. The Morgan fingerprint density at radius 1 is 1.10 bits per heavy atom. The second-order valence-corrected chi connectivity index (χ2v) is 4.54. The summed E-state index contributed by atoms with van der Waals surface area (Å²) < 4.78 is 10.3. The summed E-state index contributed by atoms with van der Waals surface area (Å²) in [6.45, 7) is 5.47. The van der Waals surface area contributed by atoms with Gasteiger partial charge < -0.3 is 14.6 Å². The lowest BCUT2D eigenvalue weighted by Crippen LogP contribution is -2.11. The highest BCUT2D eigenvalue weighted by atomic mass is 16.5. The predicted molar refractivity (Wildman–Crippen MR) is 73.9 cm³/mol. The van der Waals surface area contributed by atoms with Gasteiger partial charge in [-0.3, -0.25) is 4.79 Å². The van der Waals surface area contributed by atoms with E-state index in [9.17, 15) is 4.79 Å². The molecule has 0 saturated carbocycles. The van der Waals surface area contributed by atoms with Crippen LogP contribution in [0.3, 0.4) is 0 Å². The molecule has 6 nitrogen and oxygen atoms in total. The zero-order valence-electron chi connectivity index (χ0n) is 12.3. The molecule has 1 aromatic heterocycles. The van der Waals surface area contributed by atoms with E-state index < -0.39 is 5.97 Å². The zero-order chi connectivity index (χ0) is 15.0. The van der Waals surface area contributed by atoms with E-state index in [1.54, 1.807) is 7.11 Å². The molecule has 0 aliphatic heterocycles. The number of carboxylic acids is 1. The number of carboxylic acid groups (broad SMARTS) is 1. The fourth-order valence-corrected chi connectivity index (χ4v) is 1.92. The van der Waals surface area contributed by atoms with Gasteiger partial charge in [0.2, 0.25) is 0 Å². The number of hydrogen-bond donors (Lipinski definition) is 1. The first-order valence-corrected chi connectivity index (χ1v) is 6.66. The lowest BCUT2D eigenvalue weighted by molar-refractivity contribution is -0.136. The van der Waals surface area contributed by atoms with Gasteiger partial charge in [0.1, 0.15) is 5.82 Å². The molecule has 0 atom stereocenters. The van der Waals surface area contributed by atoms with Crippen molar-refractivity contribution in [2.24, 2.45) is 0 Å². The standard InChI is InChI=1S/C14H22N2O4/c1-10-12(4-5-14(17)18)11(2)16-13(15-10)6-7-20-9-8-19-3/h4-9H2,1-3H3,(H,17,18). The molecule has 0 radical (unpaired) electrons. The predicted octanol–water partition coefficient (Wildman–Crippen LogP) is 1.32. The second kappa shape index (κ2) is 8.60. The molecule has 0 aromatic carbocycles. The fraction of sp³-hybridized carbons (Fsp3) is 0.643. The number of nitrogens with zero attached hydrogens (tertiary/aromatic N) is 2.